The molecule has 0 bridgehead atoms. The van der Waals surface area contributed by atoms with Crippen LogP contribution in [0.4, 0.5) is 11.4 Å². The molecule has 0 amide bonds. The Bertz CT molecular complexity index is 1530. The van der Waals surface area contributed by atoms with E-state index in [2.05, 4.69) is 4.72 Å². The van der Waals surface area contributed by atoms with E-state index in [-0.39, 0.29) is 21.2 Å². The summed E-state index contributed by atoms with van der Waals surface area (Å²) >= 11 is 12.0. The molecule has 1 heterocycles. The molecule has 10 heteroatoms. The molecule has 0 saturated heterocycles. The highest BCUT2D eigenvalue weighted by molar-refractivity contribution is 7.92. The first-order valence-corrected chi connectivity index (χ1v) is 13.5. The van der Waals surface area contributed by atoms with Crippen molar-refractivity contribution in [2.24, 2.45) is 0 Å². The molecule has 0 aromatic heterocycles. The van der Waals surface area contributed by atoms with Crippen LogP contribution in [-0.2, 0) is 25.0 Å². The number of fused-ring (bicyclic) bond motifs is 1. The third kappa shape index (κ3) is 5.51. The molecule has 192 valence electrons. The van der Waals surface area contributed by atoms with Crippen molar-refractivity contribution in [3.05, 3.63) is 99.7 Å². The van der Waals surface area contributed by atoms with E-state index < -0.39 is 33.8 Å². The summed E-state index contributed by atoms with van der Waals surface area (Å²) in [6.45, 7) is 3.56. The number of hydrogen-bond donors (Lipinski definition) is 1. The Balaban J connectivity index is 1.46. The molecule has 1 aliphatic heterocycles. The zero-order chi connectivity index (χ0) is 27.0. The lowest BCUT2D eigenvalue weighted by molar-refractivity contribution is -0.117. The number of ether oxygens (including phenoxy) is 1. The number of benzene rings is 3. The van der Waals surface area contributed by atoms with Crippen LogP contribution in [0.15, 0.2) is 83.4 Å². The number of nitrogens with zero attached hydrogens (tertiary/aromatic N) is 1. The second kappa shape index (κ2) is 10.2. The maximum atomic E-state index is 12.9. The van der Waals surface area contributed by atoms with Crippen LogP contribution in [0.3, 0.4) is 0 Å². The van der Waals surface area contributed by atoms with E-state index in [1.165, 1.54) is 42.5 Å². The number of likely N-dealkylation sites (N-methyl/N-ethyl adjacent to an activating group) is 1. The van der Waals surface area contributed by atoms with Gasteiger partial charge in [-0.25, -0.2) is 13.2 Å². The zero-order valence-corrected chi connectivity index (χ0v) is 22.6. The zero-order valence-electron chi connectivity index (χ0n) is 20.3. The van der Waals surface area contributed by atoms with Crippen LogP contribution < -0.4 is 9.62 Å². The maximum absolute atomic E-state index is 12.9. The predicted octanol–water partition coefficient (Wildman–Crippen LogP) is 5.83. The van der Waals surface area contributed by atoms with Gasteiger partial charge in [-0.2, -0.15) is 0 Å². The molecule has 37 heavy (non-hydrogen) atoms. The standard InChI is InChI=1S/C27H24Cl2N2O5S/c1-27(2)21-9-4-5-10-24(21)31(3)25(27)15-19(32)16-36-26(33)17-7-6-8-20(13-17)37(34,35)30-23-14-18(28)11-12-22(23)29/h4-15,30H,16H2,1-3H3. The molecule has 1 N–H and O–H groups in total. The van der Waals surface area contributed by atoms with Gasteiger partial charge in [-0.05, 0) is 48.0 Å². The molecule has 7 nitrogen and oxygen atoms in total. The van der Waals surface area contributed by atoms with Crippen molar-refractivity contribution in [1.29, 1.82) is 0 Å². The van der Waals surface area contributed by atoms with E-state index >= 15 is 0 Å². The minimum absolute atomic E-state index is 0.0220. The summed E-state index contributed by atoms with van der Waals surface area (Å²) in [4.78, 5) is 27.1. The third-order valence-electron chi connectivity index (χ3n) is 6.14. The van der Waals surface area contributed by atoms with Crippen molar-refractivity contribution in [3.63, 3.8) is 0 Å². The summed E-state index contributed by atoms with van der Waals surface area (Å²) in [6, 6.07) is 17.6. The van der Waals surface area contributed by atoms with Crippen LogP contribution in [0.25, 0.3) is 0 Å². The van der Waals surface area contributed by atoms with Crippen LogP contribution in [-0.4, -0.2) is 33.8 Å². The smallest absolute Gasteiger partial charge is 0.338 e. The van der Waals surface area contributed by atoms with Crippen molar-refractivity contribution >= 4 is 56.4 Å². The number of esters is 1. The van der Waals surface area contributed by atoms with Gasteiger partial charge in [-0.3, -0.25) is 9.52 Å². The number of hydrogen-bond acceptors (Lipinski definition) is 6. The Hall–Kier alpha value is -3.33. The molecule has 4 rings (SSSR count). The number of anilines is 2. The number of sulfonamides is 1. The molecule has 0 spiro atoms. The highest BCUT2D eigenvalue weighted by atomic mass is 35.5. The maximum Gasteiger partial charge on any atom is 0.338 e. The Kier molecular flexibility index (Phi) is 7.37. The van der Waals surface area contributed by atoms with Crippen molar-refractivity contribution in [1.82, 2.24) is 0 Å². The summed E-state index contributed by atoms with van der Waals surface area (Å²) in [5, 5.41) is 0.463. The summed E-state index contributed by atoms with van der Waals surface area (Å²) in [5.74, 6) is -1.22. The summed E-state index contributed by atoms with van der Waals surface area (Å²) < 4.78 is 33.3. The predicted molar refractivity (Wildman–Crippen MR) is 145 cm³/mol. The van der Waals surface area contributed by atoms with Gasteiger partial charge in [0.15, 0.2) is 12.4 Å². The summed E-state index contributed by atoms with van der Waals surface area (Å²) in [5.41, 5.74) is 2.57. The fourth-order valence-electron chi connectivity index (χ4n) is 4.24. The van der Waals surface area contributed by atoms with Gasteiger partial charge in [0.05, 0.1) is 21.2 Å². The number of para-hydroxylation sites is 1. The van der Waals surface area contributed by atoms with Crippen molar-refractivity contribution in [2.75, 3.05) is 23.3 Å². The monoisotopic (exact) mass is 558 g/mol. The molecule has 0 unspecified atom stereocenters. The molecule has 0 radical (unpaired) electrons. The first kappa shape index (κ1) is 26.7. The van der Waals surface area contributed by atoms with Gasteiger partial charge in [0.2, 0.25) is 0 Å². The van der Waals surface area contributed by atoms with E-state index in [1.54, 1.807) is 0 Å². The first-order chi connectivity index (χ1) is 17.4. The number of ketones is 1. The van der Waals surface area contributed by atoms with Gasteiger partial charge >= 0.3 is 5.97 Å². The molecule has 0 saturated carbocycles. The van der Waals surface area contributed by atoms with Gasteiger partial charge in [-0.15, -0.1) is 0 Å². The van der Waals surface area contributed by atoms with Crippen molar-refractivity contribution < 1.29 is 22.7 Å². The van der Waals surface area contributed by atoms with E-state index in [0.717, 1.165) is 23.0 Å². The fraction of sp³-hybridized carbons (Fsp3) is 0.185. The largest absolute Gasteiger partial charge is 0.454 e. The van der Waals surface area contributed by atoms with Crippen LogP contribution in [0, 0.1) is 0 Å². The lowest BCUT2D eigenvalue weighted by atomic mass is 9.83. The van der Waals surface area contributed by atoms with Crippen molar-refractivity contribution in [2.45, 2.75) is 24.2 Å². The topological polar surface area (TPSA) is 92.8 Å². The molecular formula is C27H24Cl2N2O5S. The van der Waals surface area contributed by atoms with E-state index in [9.17, 15) is 18.0 Å². The minimum Gasteiger partial charge on any atom is -0.454 e. The summed E-state index contributed by atoms with van der Waals surface area (Å²) in [6.07, 6.45) is 1.48. The number of carbonyl (C=O) groups excluding carboxylic acids is 2. The van der Waals surface area contributed by atoms with Gasteiger partial charge in [0, 0.05) is 34.9 Å². The van der Waals surface area contributed by atoms with E-state index in [1.807, 2.05) is 50.1 Å². The van der Waals surface area contributed by atoms with Crippen LogP contribution in [0.1, 0.15) is 29.8 Å². The van der Waals surface area contributed by atoms with Crippen LogP contribution in [0.2, 0.25) is 10.0 Å². The number of allylic oxidation sites excluding steroid dienone is 1. The van der Waals surface area contributed by atoms with Crippen LogP contribution in [0.5, 0.6) is 0 Å². The average Bonchev–Trinajstić information content (AvgIpc) is 3.05. The number of nitrogens with one attached hydrogen (secondary N) is 1. The molecule has 3 aromatic carbocycles. The number of halogens is 2. The minimum atomic E-state index is -4.08. The molecular weight excluding hydrogens is 535 g/mol. The second-order valence-corrected chi connectivity index (χ2v) is 11.6. The number of carbonyl (C=O) groups is 2. The van der Waals surface area contributed by atoms with Gasteiger partial charge < -0.3 is 9.64 Å². The van der Waals surface area contributed by atoms with Crippen molar-refractivity contribution in [3.8, 4) is 0 Å². The van der Waals surface area contributed by atoms with E-state index in [4.69, 9.17) is 27.9 Å². The average molecular weight is 559 g/mol. The quantitative estimate of drug-likeness (QED) is 0.289. The molecule has 0 atom stereocenters. The third-order valence-corrected chi connectivity index (χ3v) is 8.06. The Morgan fingerprint density at radius 1 is 1.03 bits per heavy atom. The second-order valence-electron chi connectivity index (χ2n) is 9.03. The Morgan fingerprint density at radius 2 is 1.76 bits per heavy atom. The Morgan fingerprint density at radius 3 is 2.49 bits per heavy atom. The first-order valence-electron chi connectivity index (χ1n) is 11.2. The SMILES string of the molecule is CN1C(=CC(=O)COC(=O)c2cccc(S(=O)(=O)Nc3cc(Cl)ccc3Cl)c2)C(C)(C)c2ccccc21. The normalized spacial score (nSPS) is 15.4. The molecule has 1 aliphatic rings. The summed E-state index contributed by atoms with van der Waals surface area (Å²) in [7, 11) is -2.20. The van der Waals surface area contributed by atoms with E-state index in [0.29, 0.717) is 5.02 Å². The van der Waals surface area contributed by atoms with Gasteiger partial charge in [0.1, 0.15) is 0 Å². The lowest BCUT2D eigenvalue weighted by Gasteiger charge is -2.23. The number of rotatable bonds is 7. The van der Waals surface area contributed by atoms with Gasteiger partial charge in [0.25, 0.3) is 10.0 Å². The molecule has 3 aromatic rings. The fourth-order valence-corrected chi connectivity index (χ4v) is 5.75. The highest BCUT2D eigenvalue weighted by Crippen LogP contribution is 2.46. The van der Waals surface area contributed by atoms with Crippen LogP contribution >= 0.6 is 23.2 Å². The molecule has 0 aliphatic carbocycles. The van der Waals surface area contributed by atoms with Gasteiger partial charge in [-0.1, -0.05) is 61.3 Å². The lowest BCUT2D eigenvalue weighted by Crippen LogP contribution is -2.25. The highest BCUT2D eigenvalue weighted by Gasteiger charge is 2.38. The molecule has 0 fully saturated rings. The Labute approximate surface area is 225 Å².